The van der Waals surface area contributed by atoms with E-state index in [1.165, 1.54) is 43.5 Å². The third kappa shape index (κ3) is 4.38. The molecule has 0 aliphatic carbocycles. The van der Waals surface area contributed by atoms with Crippen molar-refractivity contribution in [1.82, 2.24) is 14.8 Å². The van der Waals surface area contributed by atoms with E-state index in [1.54, 1.807) is 6.92 Å². The predicted molar refractivity (Wildman–Crippen MR) is 101 cm³/mol. The van der Waals surface area contributed by atoms with Crippen LogP contribution in [0, 0.1) is 10.1 Å². The fourth-order valence-corrected chi connectivity index (χ4v) is 3.78. The van der Waals surface area contributed by atoms with Crippen molar-refractivity contribution in [3.63, 3.8) is 0 Å². The first-order chi connectivity index (χ1) is 13.0. The molecule has 144 valence electrons. The third-order valence-electron chi connectivity index (χ3n) is 4.38. The van der Waals surface area contributed by atoms with Gasteiger partial charge in [-0.25, -0.2) is 0 Å². The molecule has 0 saturated carbocycles. The molecule has 0 bridgehead atoms. The van der Waals surface area contributed by atoms with E-state index in [4.69, 9.17) is 4.74 Å². The Labute approximate surface area is 160 Å². The minimum atomic E-state index is -0.510. The molecule has 0 saturated heterocycles. The quantitative estimate of drug-likeness (QED) is 0.457. The zero-order valence-electron chi connectivity index (χ0n) is 15.2. The average molecular weight is 391 g/mol. The molecule has 2 heterocycles. The zero-order valence-corrected chi connectivity index (χ0v) is 16.0. The number of ether oxygens (including phenoxy) is 1. The Hall–Kier alpha value is -2.62. The van der Waals surface area contributed by atoms with Gasteiger partial charge in [0.2, 0.25) is 5.91 Å². The molecular weight excluding hydrogens is 370 g/mol. The molecule has 10 heteroatoms. The average Bonchev–Trinajstić information content (AvgIpc) is 2.88. The lowest BCUT2D eigenvalue weighted by molar-refractivity contribution is -0.384. The Kier molecular flexibility index (Phi) is 5.94. The van der Waals surface area contributed by atoms with Gasteiger partial charge in [0.25, 0.3) is 5.69 Å². The van der Waals surface area contributed by atoms with Gasteiger partial charge < -0.3 is 14.6 Å². The van der Waals surface area contributed by atoms with Crippen LogP contribution in [0.4, 0.5) is 11.4 Å². The maximum atomic E-state index is 12.6. The maximum absolute atomic E-state index is 12.6. The van der Waals surface area contributed by atoms with E-state index in [0.717, 1.165) is 36.8 Å². The van der Waals surface area contributed by atoms with E-state index in [0.29, 0.717) is 5.69 Å². The largest absolute Gasteiger partial charge is 0.494 e. The second kappa shape index (κ2) is 8.38. The first-order valence-corrected chi connectivity index (χ1v) is 9.59. The molecule has 1 aromatic heterocycles. The molecule has 9 nitrogen and oxygen atoms in total. The SMILES string of the molecule is COc1cc([N+](=O)[O-])ccc1NC(=O)[C@H](C)Sc1nnc2n1CCCCC2. The summed E-state index contributed by atoms with van der Waals surface area (Å²) in [5.74, 6) is 0.976. The van der Waals surface area contributed by atoms with Crippen molar-refractivity contribution in [2.75, 3.05) is 12.4 Å². The molecule has 2 aromatic rings. The van der Waals surface area contributed by atoms with Crippen molar-refractivity contribution in [3.05, 3.63) is 34.1 Å². The third-order valence-corrected chi connectivity index (χ3v) is 5.46. The molecule has 27 heavy (non-hydrogen) atoms. The standard InChI is InChI=1S/C17H21N5O4S/c1-11(27-17-20-19-15-6-4-3-5-9-21(15)17)16(23)18-13-8-7-12(22(24)25)10-14(13)26-2/h7-8,10-11H,3-6,9H2,1-2H3,(H,18,23)/t11-/m0/s1. The van der Waals surface area contributed by atoms with Gasteiger partial charge in [-0.1, -0.05) is 18.2 Å². The monoisotopic (exact) mass is 391 g/mol. The molecule has 1 atom stereocenters. The van der Waals surface area contributed by atoms with Gasteiger partial charge in [0.15, 0.2) is 5.16 Å². The molecule has 1 aromatic carbocycles. The number of carbonyl (C=O) groups is 1. The highest BCUT2D eigenvalue weighted by Crippen LogP contribution is 2.31. The number of aryl methyl sites for hydroxylation is 1. The number of hydrogen-bond donors (Lipinski definition) is 1. The Bertz CT molecular complexity index is 854. The summed E-state index contributed by atoms with van der Waals surface area (Å²) in [6, 6.07) is 4.08. The van der Waals surface area contributed by atoms with Crippen LogP contribution >= 0.6 is 11.8 Å². The summed E-state index contributed by atoms with van der Waals surface area (Å²) in [5, 5.41) is 22.4. The van der Waals surface area contributed by atoms with Crippen LogP contribution in [0.3, 0.4) is 0 Å². The summed E-state index contributed by atoms with van der Waals surface area (Å²) >= 11 is 1.35. The number of non-ortho nitro benzene ring substituents is 1. The topological polar surface area (TPSA) is 112 Å². The van der Waals surface area contributed by atoms with Crippen LogP contribution in [0.1, 0.15) is 32.0 Å². The van der Waals surface area contributed by atoms with E-state index in [1.807, 2.05) is 0 Å². The van der Waals surface area contributed by atoms with Gasteiger partial charge in [-0.2, -0.15) is 0 Å². The van der Waals surface area contributed by atoms with Crippen LogP contribution in [-0.2, 0) is 17.8 Å². The number of nitro benzene ring substituents is 1. The fourth-order valence-electron chi connectivity index (χ4n) is 2.89. The summed E-state index contributed by atoms with van der Waals surface area (Å²) in [6.45, 7) is 2.66. The summed E-state index contributed by atoms with van der Waals surface area (Å²) in [7, 11) is 1.40. The second-order valence-electron chi connectivity index (χ2n) is 6.25. The van der Waals surface area contributed by atoms with Crippen molar-refractivity contribution in [1.29, 1.82) is 0 Å². The van der Waals surface area contributed by atoms with Gasteiger partial charge in [-0.15, -0.1) is 10.2 Å². The highest BCUT2D eigenvalue weighted by Gasteiger charge is 2.22. The minimum absolute atomic E-state index is 0.0987. The normalized spacial score (nSPS) is 14.7. The molecule has 3 rings (SSSR count). The van der Waals surface area contributed by atoms with Crippen LogP contribution in [0.5, 0.6) is 5.75 Å². The lowest BCUT2D eigenvalue weighted by Gasteiger charge is -2.14. The summed E-state index contributed by atoms with van der Waals surface area (Å²) in [6.07, 6.45) is 4.27. The number of methoxy groups -OCH3 is 1. The molecular formula is C17H21N5O4S. The van der Waals surface area contributed by atoms with E-state index < -0.39 is 10.2 Å². The van der Waals surface area contributed by atoms with E-state index >= 15 is 0 Å². The van der Waals surface area contributed by atoms with Gasteiger partial charge >= 0.3 is 0 Å². The Morgan fingerprint density at radius 1 is 1.37 bits per heavy atom. The number of fused-ring (bicyclic) bond motifs is 1. The van der Waals surface area contributed by atoms with Crippen LogP contribution < -0.4 is 10.1 Å². The molecule has 1 amide bonds. The van der Waals surface area contributed by atoms with Crippen molar-refractivity contribution < 1.29 is 14.5 Å². The predicted octanol–water partition coefficient (Wildman–Crippen LogP) is 3.04. The smallest absolute Gasteiger partial charge is 0.273 e. The van der Waals surface area contributed by atoms with Crippen LogP contribution in [-0.4, -0.2) is 38.0 Å². The Morgan fingerprint density at radius 3 is 2.93 bits per heavy atom. The minimum Gasteiger partial charge on any atom is -0.494 e. The number of carbonyl (C=O) groups excluding carboxylic acids is 1. The number of nitrogens with one attached hydrogen (secondary N) is 1. The van der Waals surface area contributed by atoms with Gasteiger partial charge in [-0.3, -0.25) is 14.9 Å². The summed E-state index contributed by atoms with van der Waals surface area (Å²) < 4.78 is 7.25. The first kappa shape index (κ1) is 19.2. The van der Waals surface area contributed by atoms with E-state index in [9.17, 15) is 14.9 Å². The van der Waals surface area contributed by atoms with Crippen molar-refractivity contribution in [3.8, 4) is 5.75 Å². The number of aromatic nitrogens is 3. The van der Waals surface area contributed by atoms with Gasteiger partial charge in [0.1, 0.15) is 11.6 Å². The van der Waals surface area contributed by atoms with Crippen LogP contribution in [0.25, 0.3) is 0 Å². The number of nitro groups is 1. The number of rotatable bonds is 6. The lowest BCUT2D eigenvalue weighted by atomic mass is 10.2. The molecule has 0 unspecified atom stereocenters. The molecule has 1 aliphatic heterocycles. The zero-order chi connectivity index (χ0) is 19.4. The lowest BCUT2D eigenvalue weighted by Crippen LogP contribution is -2.23. The van der Waals surface area contributed by atoms with Crippen molar-refractivity contribution in [2.24, 2.45) is 0 Å². The second-order valence-corrected chi connectivity index (χ2v) is 7.56. The molecule has 0 radical (unpaired) electrons. The number of anilines is 1. The highest BCUT2D eigenvalue weighted by molar-refractivity contribution is 8.00. The Balaban J connectivity index is 1.70. The highest BCUT2D eigenvalue weighted by atomic mass is 32.2. The summed E-state index contributed by atoms with van der Waals surface area (Å²) in [5.41, 5.74) is 0.291. The number of thioether (sulfide) groups is 1. The number of amides is 1. The molecule has 1 aliphatic rings. The van der Waals surface area contributed by atoms with Gasteiger partial charge in [0, 0.05) is 19.0 Å². The first-order valence-electron chi connectivity index (χ1n) is 8.71. The molecule has 0 spiro atoms. The van der Waals surface area contributed by atoms with Crippen LogP contribution in [0.2, 0.25) is 0 Å². The van der Waals surface area contributed by atoms with Crippen molar-refractivity contribution >= 4 is 29.0 Å². The number of hydrogen-bond acceptors (Lipinski definition) is 7. The maximum Gasteiger partial charge on any atom is 0.273 e. The number of nitrogens with zero attached hydrogens (tertiary/aromatic N) is 4. The number of benzene rings is 1. The van der Waals surface area contributed by atoms with E-state index in [-0.39, 0.29) is 17.3 Å². The molecule has 0 fully saturated rings. The van der Waals surface area contributed by atoms with Crippen LogP contribution in [0.15, 0.2) is 23.4 Å². The fraction of sp³-hybridized carbons (Fsp3) is 0.471. The van der Waals surface area contributed by atoms with Gasteiger partial charge in [0.05, 0.1) is 29.0 Å². The van der Waals surface area contributed by atoms with E-state index in [2.05, 4.69) is 20.1 Å². The Morgan fingerprint density at radius 2 is 2.19 bits per heavy atom. The van der Waals surface area contributed by atoms with Crippen molar-refractivity contribution in [2.45, 2.75) is 49.6 Å². The van der Waals surface area contributed by atoms with Gasteiger partial charge in [-0.05, 0) is 25.8 Å². The molecule has 1 N–H and O–H groups in total. The summed E-state index contributed by atoms with van der Waals surface area (Å²) in [4.78, 5) is 22.9.